The fourth-order valence-corrected chi connectivity index (χ4v) is 3.30. The highest BCUT2D eigenvalue weighted by atomic mass is 35.5. The van der Waals surface area contributed by atoms with E-state index in [1.807, 2.05) is 29.2 Å². The summed E-state index contributed by atoms with van der Waals surface area (Å²) in [5, 5.41) is 6.69. The van der Waals surface area contributed by atoms with Crippen LogP contribution in [-0.4, -0.2) is 29.9 Å². The first kappa shape index (κ1) is 19.5. The lowest BCUT2D eigenvalue weighted by Gasteiger charge is -2.16. The van der Waals surface area contributed by atoms with E-state index in [1.54, 1.807) is 18.2 Å². The number of anilines is 1. The summed E-state index contributed by atoms with van der Waals surface area (Å²) in [4.78, 5) is 26.1. The van der Waals surface area contributed by atoms with Gasteiger partial charge in [-0.2, -0.15) is 0 Å². The minimum atomic E-state index is -0.111. The van der Waals surface area contributed by atoms with Crippen molar-refractivity contribution in [1.29, 1.82) is 0 Å². The standard InChI is InChI=1S/C20H21Cl2N3O2/c21-17-7-6-14(11-18(17)22)12-19(26)23-13-15-4-3-5-16(10-15)24-20(27)25-8-1-2-9-25/h3-7,10-11H,1-2,8-9,12-13H2,(H,23,26)(H,24,27). The van der Waals surface area contributed by atoms with Crippen molar-refractivity contribution in [1.82, 2.24) is 10.2 Å². The van der Waals surface area contributed by atoms with Gasteiger partial charge in [-0.25, -0.2) is 4.79 Å². The minimum Gasteiger partial charge on any atom is -0.352 e. The lowest BCUT2D eigenvalue weighted by Crippen LogP contribution is -2.32. The maximum absolute atomic E-state index is 12.2. The number of nitrogens with zero attached hydrogens (tertiary/aromatic N) is 1. The fraction of sp³-hybridized carbons (Fsp3) is 0.300. The van der Waals surface area contributed by atoms with Gasteiger partial charge in [0.1, 0.15) is 0 Å². The number of carbonyl (C=O) groups excluding carboxylic acids is 2. The minimum absolute atomic E-state index is 0.0756. The molecule has 1 fully saturated rings. The van der Waals surface area contributed by atoms with Crippen molar-refractivity contribution in [3.05, 3.63) is 63.6 Å². The molecule has 0 atom stereocenters. The number of hydrogen-bond donors (Lipinski definition) is 2. The summed E-state index contributed by atoms with van der Waals surface area (Å²) in [6.07, 6.45) is 2.33. The molecule has 1 aliphatic heterocycles. The van der Waals surface area contributed by atoms with Crippen molar-refractivity contribution in [2.45, 2.75) is 25.8 Å². The molecule has 0 radical (unpaired) electrons. The molecule has 1 heterocycles. The Bertz CT molecular complexity index is 836. The number of halogens is 2. The summed E-state index contributed by atoms with van der Waals surface area (Å²) in [5.41, 5.74) is 2.44. The average Bonchev–Trinajstić information content (AvgIpc) is 3.18. The molecule has 2 aromatic rings. The molecule has 0 bridgehead atoms. The highest BCUT2D eigenvalue weighted by Gasteiger charge is 2.17. The predicted octanol–water partition coefficient (Wildman–Crippen LogP) is 4.48. The van der Waals surface area contributed by atoms with E-state index in [1.165, 1.54) is 0 Å². The Kier molecular flexibility index (Phi) is 6.58. The van der Waals surface area contributed by atoms with E-state index < -0.39 is 0 Å². The topological polar surface area (TPSA) is 61.4 Å². The molecular formula is C20H21Cl2N3O2. The Labute approximate surface area is 168 Å². The van der Waals surface area contributed by atoms with Gasteiger partial charge in [-0.1, -0.05) is 41.4 Å². The largest absolute Gasteiger partial charge is 0.352 e. The smallest absolute Gasteiger partial charge is 0.321 e. The molecule has 0 aromatic heterocycles. The van der Waals surface area contributed by atoms with Crippen LogP contribution in [0.3, 0.4) is 0 Å². The van der Waals surface area contributed by atoms with E-state index in [-0.39, 0.29) is 18.4 Å². The Morgan fingerprint density at radius 1 is 0.963 bits per heavy atom. The van der Waals surface area contributed by atoms with Crippen molar-refractivity contribution in [2.75, 3.05) is 18.4 Å². The molecule has 5 nitrogen and oxygen atoms in total. The van der Waals surface area contributed by atoms with Crippen molar-refractivity contribution in [2.24, 2.45) is 0 Å². The quantitative estimate of drug-likeness (QED) is 0.769. The Hall–Kier alpha value is -2.24. The highest BCUT2D eigenvalue weighted by molar-refractivity contribution is 6.42. The molecule has 142 valence electrons. The van der Waals surface area contributed by atoms with Gasteiger partial charge >= 0.3 is 6.03 Å². The zero-order chi connectivity index (χ0) is 19.2. The lowest BCUT2D eigenvalue weighted by molar-refractivity contribution is -0.120. The molecular weight excluding hydrogens is 385 g/mol. The van der Waals surface area contributed by atoms with E-state index in [2.05, 4.69) is 10.6 Å². The van der Waals surface area contributed by atoms with Crippen LogP contribution in [0.5, 0.6) is 0 Å². The zero-order valence-corrected chi connectivity index (χ0v) is 16.3. The number of rotatable bonds is 5. The van der Waals surface area contributed by atoms with Gasteiger partial charge in [0.15, 0.2) is 0 Å². The Morgan fingerprint density at radius 3 is 2.48 bits per heavy atom. The maximum Gasteiger partial charge on any atom is 0.321 e. The highest BCUT2D eigenvalue weighted by Crippen LogP contribution is 2.22. The maximum atomic E-state index is 12.2. The fourth-order valence-electron chi connectivity index (χ4n) is 2.98. The molecule has 1 saturated heterocycles. The van der Waals surface area contributed by atoms with Crippen molar-refractivity contribution < 1.29 is 9.59 Å². The van der Waals surface area contributed by atoms with E-state index in [0.29, 0.717) is 16.6 Å². The van der Waals surface area contributed by atoms with E-state index >= 15 is 0 Å². The number of likely N-dealkylation sites (tertiary alicyclic amines) is 1. The Balaban J connectivity index is 1.52. The summed E-state index contributed by atoms with van der Waals surface area (Å²) in [7, 11) is 0. The van der Waals surface area contributed by atoms with Crippen LogP contribution < -0.4 is 10.6 Å². The van der Waals surface area contributed by atoms with Gasteiger partial charge < -0.3 is 15.5 Å². The van der Waals surface area contributed by atoms with Gasteiger partial charge in [-0.3, -0.25) is 4.79 Å². The number of hydrogen-bond acceptors (Lipinski definition) is 2. The molecule has 2 N–H and O–H groups in total. The van der Waals surface area contributed by atoms with E-state index in [9.17, 15) is 9.59 Å². The first-order valence-electron chi connectivity index (χ1n) is 8.87. The van der Waals surface area contributed by atoms with Gasteiger partial charge in [0, 0.05) is 25.3 Å². The first-order valence-corrected chi connectivity index (χ1v) is 9.62. The Morgan fingerprint density at radius 2 is 1.74 bits per heavy atom. The van der Waals surface area contributed by atoms with Gasteiger partial charge in [0.05, 0.1) is 16.5 Å². The average molecular weight is 406 g/mol. The predicted molar refractivity (Wildman–Crippen MR) is 108 cm³/mol. The lowest BCUT2D eigenvalue weighted by atomic mass is 10.1. The number of amides is 3. The number of benzene rings is 2. The second-order valence-corrected chi connectivity index (χ2v) is 7.34. The van der Waals surface area contributed by atoms with Gasteiger partial charge in [0.25, 0.3) is 0 Å². The SMILES string of the molecule is O=C(Cc1ccc(Cl)c(Cl)c1)NCc1cccc(NC(=O)N2CCCC2)c1. The second kappa shape index (κ2) is 9.11. The third-order valence-corrected chi connectivity index (χ3v) is 5.15. The van der Waals surface area contributed by atoms with Gasteiger partial charge in [0.2, 0.25) is 5.91 Å². The first-order chi connectivity index (χ1) is 13.0. The number of nitrogens with one attached hydrogen (secondary N) is 2. The second-order valence-electron chi connectivity index (χ2n) is 6.53. The summed E-state index contributed by atoms with van der Waals surface area (Å²) >= 11 is 11.9. The zero-order valence-electron chi connectivity index (χ0n) is 14.8. The van der Waals surface area contributed by atoms with Gasteiger partial charge in [-0.05, 0) is 48.2 Å². The van der Waals surface area contributed by atoms with E-state index in [0.717, 1.165) is 42.7 Å². The van der Waals surface area contributed by atoms with Crippen LogP contribution >= 0.6 is 23.2 Å². The van der Waals surface area contributed by atoms with Crippen LogP contribution in [0.4, 0.5) is 10.5 Å². The third-order valence-electron chi connectivity index (χ3n) is 4.41. The molecule has 0 aliphatic carbocycles. The molecule has 27 heavy (non-hydrogen) atoms. The monoisotopic (exact) mass is 405 g/mol. The number of carbonyl (C=O) groups is 2. The molecule has 2 aromatic carbocycles. The molecule has 0 unspecified atom stereocenters. The molecule has 0 spiro atoms. The van der Waals surface area contributed by atoms with Crippen LogP contribution in [-0.2, 0) is 17.8 Å². The van der Waals surface area contributed by atoms with Crippen LogP contribution in [0.1, 0.15) is 24.0 Å². The van der Waals surface area contributed by atoms with Crippen LogP contribution in [0.2, 0.25) is 10.0 Å². The summed E-state index contributed by atoms with van der Waals surface area (Å²) < 4.78 is 0. The number of urea groups is 1. The molecule has 0 saturated carbocycles. The molecule has 1 aliphatic rings. The van der Waals surface area contributed by atoms with Crippen molar-refractivity contribution >= 4 is 40.8 Å². The van der Waals surface area contributed by atoms with Crippen LogP contribution in [0.15, 0.2) is 42.5 Å². The van der Waals surface area contributed by atoms with Crippen molar-refractivity contribution in [3.8, 4) is 0 Å². The third kappa shape index (κ3) is 5.62. The van der Waals surface area contributed by atoms with Gasteiger partial charge in [-0.15, -0.1) is 0 Å². The molecule has 3 rings (SSSR count). The van der Waals surface area contributed by atoms with Crippen LogP contribution in [0, 0.1) is 0 Å². The molecule has 7 heteroatoms. The summed E-state index contributed by atoms with van der Waals surface area (Å²) in [5.74, 6) is -0.111. The van der Waals surface area contributed by atoms with Crippen molar-refractivity contribution in [3.63, 3.8) is 0 Å². The van der Waals surface area contributed by atoms with Crippen LogP contribution in [0.25, 0.3) is 0 Å². The summed E-state index contributed by atoms with van der Waals surface area (Å²) in [6.45, 7) is 1.99. The normalized spacial score (nSPS) is 13.5. The summed E-state index contributed by atoms with van der Waals surface area (Å²) in [6, 6.07) is 12.6. The van der Waals surface area contributed by atoms with E-state index in [4.69, 9.17) is 23.2 Å². The molecule has 3 amide bonds.